The van der Waals surface area contributed by atoms with Crippen LogP contribution in [0.4, 0.5) is 4.39 Å². The Morgan fingerprint density at radius 3 is 3.05 bits per heavy atom. The van der Waals surface area contributed by atoms with E-state index in [0.29, 0.717) is 25.0 Å². The lowest BCUT2D eigenvalue weighted by Crippen LogP contribution is -2.40. The highest BCUT2D eigenvalue weighted by Gasteiger charge is 2.43. The Morgan fingerprint density at radius 2 is 2.14 bits per heavy atom. The average molecular weight is 298 g/mol. The lowest BCUT2D eigenvalue weighted by molar-refractivity contribution is 0.198. The van der Waals surface area contributed by atoms with E-state index < -0.39 is 0 Å². The van der Waals surface area contributed by atoms with Gasteiger partial charge >= 0.3 is 0 Å². The van der Waals surface area contributed by atoms with Crippen LogP contribution in [0.25, 0.3) is 0 Å². The Bertz CT molecular complexity index is 720. The van der Waals surface area contributed by atoms with Crippen LogP contribution >= 0.6 is 0 Å². The van der Waals surface area contributed by atoms with Crippen LogP contribution in [0.5, 0.6) is 5.75 Å². The molecule has 0 saturated heterocycles. The number of allylic oxidation sites excluding steroid dienone is 4. The number of benzene rings is 1. The average Bonchev–Trinajstić information content (AvgIpc) is 2.95. The number of nitrogens with zero attached hydrogens (tertiary/aromatic N) is 1. The maximum Gasteiger partial charge on any atom is 0.124 e. The second kappa shape index (κ2) is 4.97. The largest absolute Gasteiger partial charge is 0.493 e. The van der Waals surface area contributed by atoms with Crippen molar-refractivity contribution in [2.24, 2.45) is 5.10 Å². The Kier molecular flexibility index (Phi) is 3.06. The molecule has 1 atom stereocenters. The summed E-state index contributed by atoms with van der Waals surface area (Å²) in [5.74, 6) is 0.867. The van der Waals surface area contributed by atoms with Crippen molar-refractivity contribution in [3.8, 4) is 5.75 Å². The molecule has 1 aromatic rings. The summed E-state index contributed by atoms with van der Waals surface area (Å²) >= 11 is 0. The van der Waals surface area contributed by atoms with Gasteiger partial charge in [-0.15, -0.1) is 0 Å². The normalized spacial score (nSPS) is 27.0. The number of fused-ring (bicyclic) bond motifs is 2. The van der Waals surface area contributed by atoms with Gasteiger partial charge in [-0.1, -0.05) is 29.8 Å². The second-order valence-corrected chi connectivity index (χ2v) is 6.33. The monoisotopic (exact) mass is 298 g/mol. The summed E-state index contributed by atoms with van der Waals surface area (Å²) in [7, 11) is 0. The van der Waals surface area contributed by atoms with Gasteiger partial charge in [0, 0.05) is 30.4 Å². The van der Waals surface area contributed by atoms with E-state index in [1.165, 1.54) is 5.57 Å². The van der Waals surface area contributed by atoms with Crippen molar-refractivity contribution >= 4 is 5.71 Å². The molecule has 0 saturated carbocycles. The van der Waals surface area contributed by atoms with Gasteiger partial charge in [0.05, 0.1) is 17.9 Å². The fraction of sp³-hybridized carbons (Fsp3) is 0.389. The number of rotatable bonds is 1. The minimum absolute atomic E-state index is 0.0384. The number of hydrazone groups is 1. The molecule has 0 amide bonds. The molecule has 4 heteroatoms. The van der Waals surface area contributed by atoms with E-state index in [0.717, 1.165) is 29.9 Å². The molecule has 1 N–H and O–H groups in total. The first-order valence-corrected chi connectivity index (χ1v) is 7.80. The standard InChI is InChI=1S/C18H19FN2O/c1-12-6-7-15(19)13(10-12)16-11-18(21-20-16)8-9-22-17-5-3-2-4-14(17)18/h2-5,10,21H,6-9,11H2,1H3. The summed E-state index contributed by atoms with van der Waals surface area (Å²) in [6.45, 7) is 2.71. The molecule has 3 aliphatic rings. The number of halogens is 1. The first-order chi connectivity index (χ1) is 10.7. The SMILES string of the molecule is CC1=CC(C2=NNC3(CCOc4ccccc43)C2)=C(F)CC1. The highest BCUT2D eigenvalue weighted by molar-refractivity contribution is 6.05. The highest BCUT2D eigenvalue weighted by atomic mass is 19.1. The van der Waals surface area contributed by atoms with Crippen molar-refractivity contribution in [1.82, 2.24) is 5.43 Å². The number of hydrogen-bond donors (Lipinski definition) is 1. The summed E-state index contributed by atoms with van der Waals surface area (Å²) in [6.07, 6.45) is 4.79. The maximum atomic E-state index is 14.2. The number of ether oxygens (including phenoxy) is 1. The molecule has 2 aliphatic heterocycles. The third-order valence-electron chi connectivity index (χ3n) is 4.80. The van der Waals surface area contributed by atoms with E-state index in [1.807, 2.05) is 24.3 Å². The summed E-state index contributed by atoms with van der Waals surface area (Å²) in [6, 6.07) is 8.05. The molecule has 0 bridgehead atoms. The van der Waals surface area contributed by atoms with Crippen LogP contribution < -0.4 is 10.2 Å². The highest BCUT2D eigenvalue weighted by Crippen LogP contribution is 2.43. The van der Waals surface area contributed by atoms with Crippen LogP contribution in [0.2, 0.25) is 0 Å². The van der Waals surface area contributed by atoms with E-state index in [4.69, 9.17) is 4.74 Å². The molecule has 0 fully saturated rings. The van der Waals surface area contributed by atoms with Gasteiger partial charge in [-0.25, -0.2) is 4.39 Å². The third kappa shape index (κ3) is 2.05. The zero-order valence-electron chi connectivity index (χ0n) is 12.7. The van der Waals surface area contributed by atoms with Gasteiger partial charge in [0.25, 0.3) is 0 Å². The molecule has 1 aliphatic carbocycles. The molecule has 0 aromatic heterocycles. The van der Waals surface area contributed by atoms with Crippen molar-refractivity contribution in [2.45, 2.75) is 38.1 Å². The van der Waals surface area contributed by atoms with Gasteiger partial charge in [-0.05, 0) is 19.4 Å². The molecule has 3 nitrogen and oxygen atoms in total. The topological polar surface area (TPSA) is 33.6 Å². The van der Waals surface area contributed by atoms with Crippen molar-refractivity contribution in [1.29, 1.82) is 0 Å². The van der Waals surface area contributed by atoms with Gasteiger partial charge in [0.15, 0.2) is 0 Å². The van der Waals surface area contributed by atoms with Crippen LogP contribution in [0.15, 0.2) is 52.4 Å². The molecule has 4 rings (SSSR count). The van der Waals surface area contributed by atoms with Crippen LogP contribution in [0, 0.1) is 0 Å². The van der Waals surface area contributed by atoms with Crippen molar-refractivity contribution in [3.05, 3.63) is 52.9 Å². The minimum Gasteiger partial charge on any atom is -0.493 e. The summed E-state index contributed by atoms with van der Waals surface area (Å²) in [5, 5.41) is 4.49. The number of hydrogen-bond acceptors (Lipinski definition) is 3. The molecule has 1 unspecified atom stereocenters. The Labute approximate surface area is 129 Å². The minimum atomic E-state index is -0.253. The molecule has 1 spiro atoms. The Hall–Kier alpha value is -2.10. The smallest absolute Gasteiger partial charge is 0.124 e. The fourth-order valence-electron chi connectivity index (χ4n) is 3.53. The fourth-order valence-corrected chi connectivity index (χ4v) is 3.53. The molecule has 2 heterocycles. The molecule has 22 heavy (non-hydrogen) atoms. The number of nitrogens with one attached hydrogen (secondary N) is 1. The Morgan fingerprint density at radius 1 is 1.27 bits per heavy atom. The predicted molar refractivity (Wildman–Crippen MR) is 84.5 cm³/mol. The van der Waals surface area contributed by atoms with Gasteiger partial charge in [0.2, 0.25) is 0 Å². The van der Waals surface area contributed by atoms with E-state index in [9.17, 15) is 4.39 Å². The zero-order valence-corrected chi connectivity index (χ0v) is 12.7. The summed E-state index contributed by atoms with van der Waals surface area (Å²) < 4.78 is 20.0. The molecule has 114 valence electrons. The molecular formula is C18H19FN2O. The van der Waals surface area contributed by atoms with E-state index >= 15 is 0 Å². The zero-order chi connectivity index (χ0) is 15.2. The van der Waals surface area contributed by atoms with Crippen molar-refractivity contribution < 1.29 is 9.13 Å². The molecule has 1 aromatic carbocycles. The first-order valence-electron chi connectivity index (χ1n) is 7.80. The van der Waals surface area contributed by atoms with Gasteiger partial charge in [-0.2, -0.15) is 5.10 Å². The van der Waals surface area contributed by atoms with E-state index in [-0.39, 0.29) is 11.4 Å². The first kappa shape index (κ1) is 13.6. The second-order valence-electron chi connectivity index (χ2n) is 6.33. The van der Waals surface area contributed by atoms with Crippen LogP contribution in [-0.2, 0) is 5.54 Å². The lowest BCUT2D eigenvalue weighted by Gasteiger charge is -2.35. The van der Waals surface area contributed by atoms with Crippen molar-refractivity contribution in [2.75, 3.05) is 6.61 Å². The van der Waals surface area contributed by atoms with Crippen molar-refractivity contribution in [3.63, 3.8) is 0 Å². The molecule has 0 radical (unpaired) electrons. The van der Waals surface area contributed by atoms with Crippen LogP contribution in [0.1, 0.15) is 38.2 Å². The van der Waals surface area contributed by atoms with Crippen LogP contribution in [0.3, 0.4) is 0 Å². The predicted octanol–water partition coefficient (Wildman–Crippen LogP) is 3.98. The Balaban J connectivity index is 1.68. The van der Waals surface area contributed by atoms with E-state index in [2.05, 4.69) is 23.5 Å². The van der Waals surface area contributed by atoms with Gasteiger partial charge in [0.1, 0.15) is 11.6 Å². The van der Waals surface area contributed by atoms with E-state index in [1.54, 1.807) is 0 Å². The quantitative estimate of drug-likeness (QED) is 0.851. The maximum absolute atomic E-state index is 14.2. The molecular weight excluding hydrogens is 279 g/mol. The lowest BCUT2D eigenvalue weighted by atomic mass is 9.80. The summed E-state index contributed by atoms with van der Waals surface area (Å²) in [5.41, 5.74) is 6.88. The number of para-hydroxylation sites is 1. The van der Waals surface area contributed by atoms with Crippen LogP contribution in [-0.4, -0.2) is 12.3 Å². The summed E-state index contributed by atoms with van der Waals surface area (Å²) in [4.78, 5) is 0. The van der Waals surface area contributed by atoms with Gasteiger partial charge in [-0.3, -0.25) is 5.43 Å². The third-order valence-corrected chi connectivity index (χ3v) is 4.80. The van der Waals surface area contributed by atoms with Gasteiger partial charge < -0.3 is 4.74 Å².